The van der Waals surface area contributed by atoms with Gasteiger partial charge >= 0.3 is 5.97 Å². The maximum atomic E-state index is 13.0. The molecular weight excluding hydrogens is 468 g/mol. The molecule has 0 aliphatic carbocycles. The van der Waals surface area contributed by atoms with Crippen LogP contribution < -0.4 is 27.4 Å². The van der Waals surface area contributed by atoms with E-state index in [-0.39, 0.29) is 19.3 Å². The van der Waals surface area contributed by atoms with E-state index in [0.29, 0.717) is 0 Å². The summed E-state index contributed by atoms with van der Waals surface area (Å²) < 4.78 is 0. The van der Waals surface area contributed by atoms with E-state index < -0.39 is 59.7 Å². The van der Waals surface area contributed by atoms with Gasteiger partial charge in [0.05, 0.1) is 6.04 Å². The normalized spacial score (nSPS) is 14.5. The quantitative estimate of drug-likeness (QED) is 0.191. The second-order valence-corrected chi connectivity index (χ2v) is 9.04. The highest BCUT2D eigenvalue weighted by Crippen LogP contribution is 2.19. The van der Waals surface area contributed by atoms with Gasteiger partial charge in [0.25, 0.3) is 0 Å². The fourth-order valence-electron chi connectivity index (χ4n) is 3.62. The number of nitrogens with one attached hydrogen (secondary N) is 4. The Bertz CT molecular complexity index is 1110. The number of H-pyrrole nitrogens is 1. The van der Waals surface area contributed by atoms with E-state index in [9.17, 15) is 24.0 Å². The highest BCUT2D eigenvalue weighted by atomic mass is 16.4. The predicted octanol–water partition coefficient (Wildman–Crippen LogP) is -0.482. The molecule has 4 amide bonds. The average Bonchev–Trinajstić information content (AvgIpc) is 3.21. The maximum absolute atomic E-state index is 13.0. The summed E-state index contributed by atoms with van der Waals surface area (Å²) in [7, 11) is 0. The fraction of sp³-hybridized carbons (Fsp3) is 0.458. The van der Waals surface area contributed by atoms with Crippen LogP contribution in [0.2, 0.25) is 0 Å². The SMILES string of the molecule is CC(NC(=O)C(NC(=O)C(CCC(N)=O)NC(=O)C(N)Cc1c[nH]c2ccccc12)C(C)C)C(=O)O. The Morgan fingerprint density at radius 3 is 2.25 bits per heavy atom. The van der Waals surface area contributed by atoms with Crippen LogP contribution in [0.4, 0.5) is 0 Å². The number of aliphatic carboxylic acids is 1. The summed E-state index contributed by atoms with van der Waals surface area (Å²) in [6, 6.07) is 3.12. The number of carboxylic acids is 1. The van der Waals surface area contributed by atoms with Crippen LogP contribution in [0, 0.1) is 5.92 Å². The first kappa shape index (κ1) is 28.3. The fourth-order valence-corrected chi connectivity index (χ4v) is 3.62. The standard InChI is InChI=1S/C24H34N6O6/c1-12(2)20(23(34)28-13(3)24(35)36)30-22(33)18(8-9-19(26)31)29-21(32)16(25)10-14-11-27-17-7-5-4-6-15(14)17/h4-7,11-13,16,18,20,27H,8-10,25H2,1-3H3,(H2,26,31)(H,28,34)(H,29,32)(H,30,33)(H,35,36). The summed E-state index contributed by atoms with van der Waals surface area (Å²) >= 11 is 0. The van der Waals surface area contributed by atoms with Crippen molar-refractivity contribution in [2.45, 2.75) is 64.2 Å². The van der Waals surface area contributed by atoms with Gasteiger partial charge in [-0.2, -0.15) is 0 Å². The van der Waals surface area contributed by atoms with Crippen molar-refractivity contribution in [3.63, 3.8) is 0 Å². The second kappa shape index (κ2) is 12.7. The summed E-state index contributed by atoms with van der Waals surface area (Å²) in [6.45, 7) is 4.64. The molecule has 0 bridgehead atoms. The van der Waals surface area contributed by atoms with Crippen LogP contribution in [0.25, 0.3) is 10.9 Å². The van der Waals surface area contributed by atoms with Gasteiger partial charge < -0.3 is 37.5 Å². The van der Waals surface area contributed by atoms with Gasteiger partial charge in [-0.3, -0.25) is 24.0 Å². The molecule has 12 heteroatoms. The summed E-state index contributed by atoms with van der Waals surface area (Å²) in [5.74, 6) is -4.32. The van der Waals surface area contributed by atoms with E-state index in [1.54, 1.807) is 20.0 Å². The topological polar surface area (TPSA) is 209 Å². The number of nitrogens with two attached hydrogens (primary N) is 2. The lowest BCUT2D eigenvalue weighted by atomic mass is 10.0. The zero-order valence-corrected chi connectivity index (χ0v) is 20.5. The van der Waals surface area contributed by atoms with Crippen molar-refractivity contribution < 1.29 is 29.1 Å². The largest absolute Gasteiger partial charge is 0.480 e. The van der Waals surface area contributed by atoms with Gasteiger partial charge in [-0.15, -0.1) is 0 Å². The minimum absolute atomic E-state index is 0.106. The van der Waals surface area contributed by atoms with Crippen molar-refractivity contribution in [3.8, 4) is 0 Å². The van der Waals surface area contributed by atoms with E-state index in [4.69, 9.17) is 16.6 Å². The van der Waals surface area contributed by atoms with Crippen LogP contribution in [0.3, 0.4) is 0 Å². The van der Waals surface area contributed by atoms with Crippen LogP contribution in [-0.2, 0) is 30.4 Å². The molecule has 0 aliphatic heterocycles. The lowest BCUT2D eigenvalue weighted by Crippen LogP contribution is -2.58. The van der Waals surface area contributed by atoms with Crippen molar-refractivity contribution >= 4 is 40.5 Å². The molecule has 2 aromatic rings. The van der Waals surface area contributed by atoms with E-state index in [0.717, 1.165) is 16.5 Å². The Hall–Kier alpha value is -3.93. The number of primary amides is 1. The molecule has 9 N–H and O–H groups in total. The number of carbonyl (C=O) groups is 5. The van der Waals surface area contributed by atoms with E-state index in [1.165, 1.54) is 6.92 Å². The second-order valence-electron chi connectivity index (χ2n) is 9.04. The van der Waals surface area contributed by atoms with Gasteiger partial charge in [0, 0.05) is 23.5 Å². The van der Waals surface area contributed by atoms with Crippen molar-refractivity contribution in [3.05, 3.63) is 36.0 Å². The molecule has 196 valence electrons. The van der Waals surface area contributed by atoms with Crippen LogP contribution in [0.5, 0.6) is 0 Å². The Kier molecular flexibility index (Phi) is 9.97. The lowest BCUT2D eigenvalue weighted by Gasteiger charge is -2.26. The third-order valence-electron chi connectivity index (χ3n) is 5.74. The van der Waals surface area contributed by atoms with Crippen LogP contribution >= 0.6 is 0 Å². The molecule has 0 saturated heterocycles. The number of carbonyl (C=O) groups excluding carboxylic acids is 4. The average molecular weight is 503 g/mol. The molecule has 2 rings (SSSR count). The summed E-state index contributed by atoms with van der Waals surface area (Å²) in [5.41, 5.74) is 13.1. The number of benzene rings is 1. The summed E-state index contributed by atoms with van der Waals surface area (Å²) in [4.78, 5) is 64.0. The van der Waals surface area contributed by atoms with Crippen LogP contribution in [-0.4, -0.2) is 63.9 Å². The van der Waals surface area contributed by atoms with Crippen molar-refractivity contribution in [1.82, 2.24) is 20.9 Å². The minimum Gasteiger partial charge on any atom is -0.480 e. The van der Waals surface area contributed by atoms with Crippen molar-refractivity contribution in [2.75, 3.05) is 0 Å². The van der Waals surface area contributed by atoms with Gasteiger partial charge in [-0.05, 0) is 37.3 Å². The first-order valence-electron chi connectivity index (χ1n) is 11.6. The van der Waals surface area contributed by atoms with Gasteiger partial charge in [0.2, 0.25) is 23.6 Å². The molecule has 0 radical (unpaired) electrons. The number of fused-ring (bicyclic) bond motifs is 1. The zero-order valence-electron chi connectivity index (χ0n) is 20.5. The third kappa shape index (κ3) is 7.80. The molecule has 0 spiro atoms. The lowest BCUT2D eigenvalue weighted by molar-refractivity contribution is -0.142. The predicted molar refractivity (Wildman–Crippen MR) is 132 cm³/mol. The smallest absolute Gasteiger partial charge is 0.325 e. The Balaban J connectivity index is 2.11. The first-order valence-corrected chi connectivity index (χ1v) is 11.6. The molecule has 0 saturated carbocycles. The van der Waals surface area contributed by atoms with E-state index in [2.05, 4.69) is 20.9 Å². The molecule has 12 nitrogen and oxygen atoms in total. The third-order valence-corrected chi connectivity index (χ3v) is 5.74. The number of carboxylic acid groups (broad SMARTS) is 1. The molecular formula is C24H34N6O6. The van der Waals surface area contributed by atoms with Gasteiger partial charge in [0.1, 0.15) is 18.1 Å². The molecule has 0 aliphatic rings. The molecule has 0 fully saturated rings. The molecule has 4 atom stereocenters. The number of para-hydroxylation sites is 1. The van der Waals surface area contributed by atoms with Crippen LogP contribution in [0.15, 0.2) is 30.5 Å². The molecule has 1 aromatic heterocycles. The highest BCUT2D eigenvalue weighted by Gasteiger charge is 2.31. The van der Waals surface area contributed by atoms with Crippen molar-refractivity contribution in [2.24, 2.45) is 17.4 Å². The Morgan fingerprint density at radius 2 is 1.64 bits per heavy atom. The van der Waals surface area contributed by atoms with Crippen LogP contribution in [0.1, 0.15) is 39.2 Å². The summed E-state index contributed by atoms with van der Waals surface area (Å²) in [5, 5.41) is 17.4. The first-order chi connectivity index (χ1) is 16.9. The molecule has 4 unspecified atom stereocenters. The number of aromatic amines is 1. The Morgan fingerprint density at radius 1 is 0.972 bits per heavy atom. The zero-order chi connectivity index (χ0) is 27.0. The molecule has 1 heterocycles. The van der Waals surface area contributed by atoms with Gasteiger partial charge in [-0.25, -0.2) is 0 Å². The number of rotatable bonds is 13. The van der Waals surface area contributed by atoms with Gasteiger partial charge in [0.15, 0.2) is 0 Å². The summed E-state index contributed by atoms with van der Waals surface area (Å²) in [6.07, 6.45) is 1.67. The van der Waals surface area contributed by atoms with E-state index in [1.807, 2.05) is 24.3 Å². The maximum Gasteiger partial charge on any atom is 0.325 e. The molecule has 1 aromatic carbocycles. The van der Waals surface area contributed by atoms with Gasteiger partial charge in [-0.1, -0.05) is 32.0 Å². The number of aromatic nitrogens is 1. The number of hydrogen-bond acceptors (Lipinski definition) is 6. The number of hydrogen-bond donors (Lipinski definition) is 7. The Labute approximate surface area is 208 Å². The van der Waals surface area contributed by atoms with E-state index >= 15 is 0 Å². The monoisotopic (exact) mass is 502 g/mol. The highest BCUT2D eigenvalue weighted by molar-refractivity contribution is 5.94. The minimum atomic E-state index is -1.23. The van der Waals surface area contributed by atoms with Crippen molar-refractivity contribution in [1.29, 1.82) is 0 Å². The molecule has 36 heavy (non-hydrogen) atoms. The number of amides is 4.